The summed E-state index contributed by atoms with van der Waals surface area (Å²) < 4.78 is 5.63. The summed E-state index contributed by atoms with van der Waals surface area (Å²) in [5, 5.41) is 2.83. The molecule has 2 aromatic carbocycles. The summed E-state index contributed by atoms with van der Waals surface area (Å²) >= 11 is 0. The van der Waals surface area contributed by atoms with Crippen LogP contribution in [0.25, 0.3) is 6.08 Å². The van der Waals surface area contributed by atoms with Gasteiger partial charge in [0.05, 0.1) is 6.10 Å². The quantitative estimate of drug-likeness (QED) is 0.828. The average molecular weight is 295 g/mol. The Balaban J connectivity index is 1.98. The zero-order chi connectivity index (χ0) is 15.9. The van der Waals surface area contributed by atoms with Crippen molar-refractivity contribution in [1.29, 1.82) is 0 Å². The van der Waals surface area contributed by atoms with Crippen molar-refractivity contribution in [3.05, 3.63) is 65.7 Å². The van der Waals surface area contributed by atoms with Crippen LogP contribution in [0, 0.1) is 6.92 Å². The molecule has 0 saturated carbocycles. The second-order valence-corrected chi connectivity index (χ2v) is 5.43. The van der Waals surface area contributed by atoms with Gasteiger partial charge in [-0.3, -0.25) is 4.79 Å². The molecule has 114 valence electrons. The molecule has 3 heteroatoms. The minimum atomic E-state index is -0.154. The van der Waals surface area contributed by atoms with E-state index in [1.807, 2.05) is 69.3 Å². The molecule has 1 amide bonds. The van der Waals surface area contributed by atoms with Crippen LogP contribution in [0.3, 0.4) is 0 Å². The van der Waals surface area contributed by atoms with Crippen molar-refractivity contribution in [2.45, 2.75) is 26.9 Å². The lowest BCUT2D eigenvalue weighted by Gasteiger charge is -2.09. The molecule has 3 nitrogen and oxygen atoms in total. The zero-order valence-electron chi connectivity index (χ0n) is 13.2. The number of carbonyl (C=O) groups excluding carboxylic acids is 1. The second kappa shape index (κ2) is 7.46. The van der Waals surface area contributed by atoms with Gasteiger partial charge in [-0.05, 0) is 56.7 Å². The van der Waals surface area contributed by atoms with Gasteiger partial charge in [0, 0.05) is 11.8 Å². The van der Waals surface area contributed by atoms with E-state index in [2.05, 4.69) is 5.32 Å². The predicted octanol–water partition coefficient (Wildman–Crippen LogP) is 4.43. The van der Waals surface area contributed by atoms with Gasteiger partial charge in [-0.2, -0.15) is 0 Å². The summed E-state index contributed by atoms with van der Waals surface area (Å²) in [7, 11) is 0. The summed E-state index contributed by atoms with van der Waals surface area (Å²) in [6, 6.07) is 15.4. The highest BCUT2D eigenvalue weighted by Gasteiger charge is 2.00. The van der Waals surface area contributed by atoms with Crippen LogP contribution in [-0.4, -0.2) is 12.0 Å². The summed E-state index contributed by atoms with van der Waals surface area (Å²) in [6.07, 6.45) is 3.43. The molecular weight excluding hydrogens is 274 g/mol. The van der Waals surface area contributed by atoms with Gasteiger partial charge in [0.1, 0.15) is 5.75 Å². The highest BCUT2D eigenvalue weighted by molar-refractivity contribution is 6.01. The van der Waals surface area contributed by atoms with E-state index in [0.717, 1.165) is 22.6 Å². The molecule has 0 aromatic heterocycles. The van der Waals surface area contributed by atoms with Gasteiger partial charge in [0.25, 0.3) is 0 Å². The van der Waals surface area contributed by atoms with E-state index < -0.39 is 0 Å². The van der Waals surface area contributed by atoms with E-state index in [0.29, 0.717) is 0 Å². The second-order valence-electron chi connectivity index (χ2n) is 5.43. The minimum absolute atomic E-state index is 0.129. The number of anilines is 1. The fourth-order valence-electron chi connectivity index (χ4n) is 1.96. The van der Waals surface area contributed by atoms with E-state index in [1.54, 1.807) is 6.08 Å². The maximum atomic E-state index is 11.9. The Morgan fingerprint density at radius 2 is 1.86 bits per heavy atom. The fourth-order valence-corrected chi connectivity index (χ4v) is 1.96. The Labute approximate surface area is 131 Å². The van der Waals surface area contributed by atoms with E-state index in [9.17, 15) is 4.79 Å². The molecule has 2 aromatic rings. The van der Waals surface area contributed by atoms with Crippen LogP contribution in [0.1, 0.15) is 25.0 Å². The number of hydrogen-bond acceptors (Lipinski definition) is 2. The number of benzene rings is 2. The Kier molecular flexibility index (Phi) is 5.37. The Bertz CT molecular complexity index is 657. The third-order valence-corrected chi connectivity index (χ3v) is 2.98. The zero-order valence-corrected chi connectivity index (χ0v) is 13.2. The minimum Gasteiger partial charge on any atom is -0.491 e. The number of amides is 1. The number of rotatable bonds is 5. The highest BCUT2D eigenvalue weighted by atomic mass is 16.5. The van der Waals surface area contributed by atoms with Crippen molar-refractivity contribution in [1.82, 2.24) is 0 Å². The van der Waals surface area contributed by atoms with Gasteiger partial charge in [-0.15, -0.1) is 0 Å². The summed E-state index contributed by atoms with van der Waals surface area (Å²) in [5.41, 5.74) is 2.88. The van der Waals surface area contributed by atoms with Crippen molar-refractivity contribution >= 4 is 17.7 Å². The van der Waals surface area contributed by atoms with Crippen LogP contribution in [-0.2, 0) is 4.79 Å². The molecule has 0 atom stereocenters. The summed E-state index contributed by atoms with van der Waals surface area (Å²) in [4.78, 5) is 11.9. The molecule has 0 heterocycles. The number of nitrogens with one attached hydrogen (secondary N) is 1. The predicted molar refractivity (Wildman–Crippen MR) is 91.0 cm³/mol. The number of aryl methyl sites for hydroxylation is 1. The van der Waals surface area contributed by atoms with Crippen LogP contribution >= 0.6 is 0 Å². The molecule has 0 aliphatic carbocycles. The molecule has 1 N–H and O–H groups in total. The Morgan fingerprint density at radius 3 is 2.55 bits per heavy atom. The number of carbonyl (C=O) groups is 1. The van der Waals surface area contributed by atoms with Crippen molar-refractivity contribution in [3.63, 3.8) is 0 Å². The number of hydrogen-bond donors (Lipinski definition) is 1. The topological polar surface area (TPSA) is 38.3 Å². The van der Waals surface area contributed by atoms with E-state index in [1.165, 1.54) is 6.08 Å². The number of ether oxygens (including phenoxy) is 1. The first kappa shape index (κ1) is 15.8. The largest absolute Gasteiger partial charge is 0.491 e. The molecular formula is C19H21NO2. The first-order chi connectivity index (χ1) is 10.5. The molecule has 0 spiro atoms. The van der Waals surface area contributed by atoms with Crippen LogP contribution in [0.2, 0.25) is 0 Å². The van der Waals surface area contributed by atoms with Crippen molar-refractivity contribution in [2.24, 2.45) is 0 Å². The van der Waals surface area contributed by atoms with E-state index >= 15 is 0 Å². The van der Waals surface area contributed by atoms with Gasteiger partial charge >= 0.3 is 0 Å². The average Bonchev–Trinajstić information content (AvgIpc) is 2.47. The van der Waals surface area contributed by atoms with Crippen molar-refractivity contribution in [3.8, 4) is 5.75 Å². The van der Waals surface area contributed by atoms with Crippen LogP contribution in [0.5, 0.6) is 5.75 Å². The van der Waals surface area contributed by atoms with Gasteiger partial charge in [0.15, 0.2) is 0 Å². The molecule has 0 unspecified atom stereocenters. The smallest absolute Gasteiger partial charge is 0.248 e. The Morgan fingerprint density at radius 1 is 1.14 bits per heavy atom. The molecule has 0 aliphatic rings. The standard InChI is InChI=1S/C19H21NO2/c1-14(2)22-18-6-4-5-16(13-18)9-12-19(21)20-17-10-7-15(3)8-11-17/h4-14H,1-3H3,(H,20,21)/b12-9+. The molecule has 0 radical (unpaired) electrons. The fraction of sp³-hybridized carbons (Fsp3) is 0.211. The molecule has 2 rings (SSSR count). The maximum Gasteiger partial charge on any atom is 0.248 e. The lowest BCUT2D eigenvalue weighted by atomic mass is 10.2. The van der Waals surface area contributed by atoms with Crippen LogP contribution in [0.15, 0.2) is 54.6 Å². The highest BCUT2D eigenvalue weighted by Crippen LogP contribution is 2.16. The molecule has 0 bridgehead atoms. The van der Waals surface area contributed by atoms with E-state index in [-0.39, 0.29) is 12.0 Å². The van der Waals surface area contributed by atoms with Crippen molar-refractivity contribution in [2.75, 3.05) is 5.32 Å². The monoisotopic (exact) mass is 295 g/mol. The van der Waals surface area contributed by atoms with Crippen LogP contribution in [0.4, 0.5) is 5.69 Å². The van der Waals surface area contributed by atoms with Gasteiger partial charge in [-0.25, -0.2) is 0 Å². The molecule has 0 saturated heterocycles. The summed E-state index contributed by atoms with van der Waals surface area (Å²) in [5.74, 6) is 0.648. The van der Waals surface area contributed by atoms with Crippen molar-refractivity contribution < 1.29 is 9.53 Å². The maximum absolute atomic E-state index is 11.9. The van der Waals surface area contributed by atoms with Gasteiger partial charge in [-0.1, -0.05) is 29.8 Å². The Hall–Kier alpha value is -2.55. The lowest BCUT2D eigenvalue weighted by molar-refractivity contribution is -0.111. The van der Waals surface area contributed by atoms with Crippen LogP contribution < -0.4 is 10.1 Å². The molecule has 22 heavy (non-hydrogen) atoms. The first-order valence-electron chi connectivity index (χ1n) is 7.35. The molecule has 0 aliphatic heterocycles. The van der Waals surface area contributed by atoms with Gasteiger partial charge < -0.3 is 10.1 Å². The normalized spacial score (nSPS) is 10.9. The first-order valence-corrected chi connectivity index (χ1v) is 7.35. The van der Waals surface area contributed by atoms with Gasteiger partial charge in [0.2, 0.25) is 5.91 Å². The summed E-state index contributed by atoms with van der Waals surface area (Å²) in [6.45, 7) is 5.98. The molecule has 0 fully saturated rings. The lowest BCUT2D eigenvalue weighted by Crippen LogP contribution is -2.07. The SMILES string of the molecule is Cc1ccc(NC(=O)/C=C/c2cccc(OC(C)C)c2)cc1. The third kappa shape index (κ3) is 5.09. The van der Waals surface area contributed by atoms with E-state index in [4.69, 9.17) is 4.74 Å². The third-order valence-electron chi connectivity index (χ3n) is 2.98.